The first kappa shape index (κ1) is 16.7. The molecule has 1 heteroatoms. The molecule has 0 saturated carbocycles. The zero-order valence-electron chi connectivity index (χ0n) is 12.7. The van der Waals surface area contributed by atoms with Crippen LogP contribution in [0.5, 0.6) is 0 Å². The molecule has 2 aromatic carbocycles. The molecule has 2 rings (SSSR count). The van der Waals surface area contributed by atoms with Crippen molar-refractivity contribution in [2.75, 3.05) is 6.61 Å². The van der Waals surface area contributed by atoms with Crippen LogP contribution in [0, 0.1) is 0 Å². The minimum Gasteiger partial charge on any atom is -0.396 e. The van der Waals surface area contributed by atoms with Crippen LogP contribution in [0.15, 0.2) is 48.5 Å². The number of fused-ring (bicyclic) bond motifs is 1. The summed E-state index contributed by atoms with van der Waals surface area (Å²) in [6, 6.07) is 16.7. The van der Waals surface area contributed by atoms with Gasteiger partial charge in [0, 0.05) is 6.61 Å². The summed E-state index contributed by atoms with van der Waals surface area (Å²) < 4.78 is 0. The van der Waals surface area contributed by atoms with Crippen LogP contribution in [0.3, 0.4) is 0 Å². The number of aliphatic hydroxyl groups excluding tert-OH is 1. The molecule has 0 heterocycles. The first-order valence-electron chi connectivity index (χ1n) is 7.93. The molecule has 0 atom stereocenters. The fourth-order valence-corrected chi connectivity index (χ4v) is 2.20. The number of hydrogen-bond donors (Lipinski definition) is 1. The molecular formula is C19H28O. The molecule has 0 aliphatic heterocycles. The third-order valence-corrected chi connectivity index (χ3v) is 3.42. The molecular weight excluding hydrogens is 244 g/mol. The summed E-state index contributed by atoms with van der Waals surface area (Å²) in [6.45, 7) is 2.60. The van der Waals surface area contributed by atoms with E-state index in [0.29, 0.717) is 6.61 Å². The third-order valence-electron chi connectivity index (χ3n) is 3.42. The Hall–Kier alpha value is -1.34. The Balaban J connectivity index is 0.000000200. The Bertz CT molecular complexity index is 377. The van der Waals surface area contributed by atoms with E-state index >= 15 is 0 Å². The molecule has 0 aliphatic carbocycles. The largest absolute Gasteiger partial charge is 0.396 e. The smallest absolute Gasteiger partial charge is 0.0431 e. The Morgan fingerprint density at radius 2 is 1.05 bits per heavy atom. The van der Waals surface area contributed by atoms with Gasteiger partial charge in [-0.15, -0.1) is 0 Å². The van der Waals surface area contributed by atoms with Crippen molar-refractivity contribution >= 4 is 10.8 Å². The molecule has 2 aromatic rings. The van der Waals surface area contributed by atoms with Crippen molar-refractivity contribution in [1.82, 2.24) is 0 Å². The first-order chi connectivity index (χ1) is 9.88. The van der Waals surface area contributed by atoms with Crippen LogP contribution in [0.1, 0.15) is 51.9 Å². The van der Waals surface area contributed by atoms with E-state index in [-0.39, 0.29) is 0 Å². The Morgan fingerprint density at radius 3 is 1.45 bits per heavy atom. The van der Waals surface area contributed by atoms with Crippen molar-refractivity contribution in [3.63, 3.8) is 0 Å². The molecule has 0 saturated heterocycles. The number of benzene rings is 2. The Labute approximate surface area is 123 Å². The zero-order chi connectivity index (χ0) is 14.5. The summed E-state index contributed by atoms with van der Waals surface area (Å²) in [5.74, 6) is 0. The molecule has 0 aromatic heterocycles. The summed E-state index contributed by atoms with van der Waals surface area (Å²) in [5.41, 5.74) is 0. The van der Waals surface area contributed by atoms with Gasteiger partial charge in [-0.2, -0.15) is 0 Å². The van der Waals surface area contributed by atoms with Gasteiger partial charge >= 0.3 is 0 Å². The second-order valence-corrected chi connectivity index (χ2v) is 5.19. The number of unbranched alkanes of at least 4 members (excludes halogenated alkanes) is 6. The van der Waals surface area contributed by atoms with Crippen molar-refractivity contribution in [2.24, 2.45) is 0 Å². The summed E-state index contributed by atoms with van der Waals surface area (Å²) >= 11 is 0. The van der Waals surface area contributed by atoms with E-state index in [9.17, 15) is 0 Å². The lowest BCUT2D eigenvalue weighted by Gasteiger charge is -1.97. The summed E-state index contributed by atoms with van der Waals surface area (Å²) in [6.07, 6.45) is 8.93. The normalized spacial score (nSPS) is 10.1. The predicted octanol–water partition coefficient (Wildman–Crippen LogP) is 5.57. The fourth-order valence-electron chi connectivity index (χ4n) is 2.20. The standard InChI is InChI=1S/C10H8.C9H20O/c1-2-6-10-8-4-3-7-9(10)5-1;1-2-3-4-5-6-7-8-9-10/h1-8H;10H,2-9H2,1H3. The Morgan fingerprint density at radius 1 is 0.650 bits per heavy atom. The highest BCUT2D eigenvalue weighted by Gasteiger charge is 1.88. The highest BCUT2D eigenvalue weighted by Crippen LogP contribution is 2.11. The van der Waals surface area contributed by atoms with Crippen LogP contribution >= 0.6 is 0 Å². The first-order valence-corrected chi connectivity index (χ1v) is 7.93. The minimum absolute atomic E-state index is 0.369. The van der Waals surface area contributed by atoms with Crippen LogP contribution in [-0.4, -0.2) is 11.7 Å². The van der Waals surface area contributed by atoms with E-state index in [1.54, 1.807) is 0 Å². The molecule has 110 valence electrons. The van der Waals surface area contributed by atoms with Gasteiger partial charge in [0.05, 0.1) is 0 Å². The van der Waals surface area contributed by atoms with Crippen LogP contribution in [0.25, 0.3) is 10.8 Å². The zero-order valence-corrected chi connectivity index (χ0v) is 12.7. The van der Waals surface area contributed by atoms with Crippen molar-refractivity contribution < 1.29 is 5.11 Å². The molecule has 0 unspecified atom stereocenters. The predicted molar refractivity (Wildman–Crippen MR) is 89.0 cm³/mol. The van der Waals surface area contributed by atoms with Gasteiger partial charge in [0.15, 0.2) is 0 Å². The molecule has 0 radical (unpaired) electrons. The van der Waals surface area contributed by atoms with Crippen molar-refractivity contribution in [3.05, 3.63) is 48.5 Å². The van der Waals surface area contributed by atoms with E-state index in [0.717, 1.165) is 6.42 Å². The molecule has 0 bridgehead atoms. The van der Waals surface area contributed by atoms with Crippen LogP contribution in [0.2, 0.25) is 0 Å². The summed E-state index contributed by atoms with van der Waals surface area (Å²) in [7, 11) is 0. The molecule has 20 heavy (non-hydrogen) atoms. The van der Waals surface area contributed by atoms with Gasteiger partial charge in [-0.3, -0.25) is 0 Å². The molecule has 1 N–H and O–H groups in total. The Kier molecular flexibility index (Phi) is 9.60. The average Bonchev–Trinajstić information content (AvgIpc) is 2.52. The van der Waals surface area contributed by atoms with Gasteiger partial charge < -0.3 is 5.11 Å². The van der Waals surface area contributed by atoms with Crippen LogP contribution in [-0.2, 0) is 0 Å². The van der Waals surface area contributed by atoms with Gasteiger partial charge in [0.2, 0.25) is 0 Å². The van der Waals surface area contributed by atoms with Gasteiger partial charge in [-0.1, -0.05) is 94.0 Å². The monoisotopic (exact) mass is 272 g/mol. The topological polar surface area (TPSA) is 20.2 Å². The maximum absolute atomic E-state index is 8.47. The van der Waals surface area contributed by atoms with Gasteiger partial charge in [0.1, 0.15) is 0 Å². The maximum Gasteiger partial charge on any atom is 0.0431 e. The highest BCUT2D eigenvalue weighted by molar-refractivity contribution is 5.81. The quantitative estimate of drug-likeness (QED) is 0.653. The van der Waals surface area contributed by atoms with Gasteiger partial charge in [0.25, 0.3) is 0 Å². The molecule has 0 aliphatic rings. The number of rotatable bonds is 7. The minimum atomic E-state index is 0.369. The lowest BCUT2D eigenvalue weighted by molar-refractivity contribution is 0.282. The second-order valence-electron chi connectivity index (χ2n) is 5.19. The lowest BCUT2D eigenvalue weighted by atomic mass is 10.1. The molecule has 0 spiro atoms. The average molecular weight is 272 g/mol. The lowest BCUT2D eigenvalue weighted by Crippen LogP contribution is -1.83. The SMILES string of the molecule is CCCCCCCCCO.c1ccc2ccccc2c1. The summed E-state index contributed by atoms with van der Waals surface area (Å²) in [5, 5.41) is 11.1. The molecule has 0 fully saturated rings. The van der Waals surface area contributed by atoms with E-state index in [2.05, 4.69) is 55.5 Å². The van der Waals surface area contributed by atoms with E-state index in [1.807, 2.05) is 0 Å². The summed E-state index contributed by atoms with van der Waals surface area (Å²) in [4.78, 5) is 0. The third kappa shape index (κ3) is 7.30. The van der Waals surface area contributed by atoms with Gasteiger partial charge in [-0.25, -0.2) is 0 Å². The number of hydrogen-bond acceptors (Lipinski definition) is 1. The van der Waals surface area contributed by atoms with Gasteiger partial charge in [-0.05, 0) is 17.2 Å². The van der Waals surface area contributed by atoms with Crippen LogP contribution < -0.4 is 0 Å². The van der Waals surface area contributed by atoms with E-state index in [1.165, 1.54) is 49.3 Å². The number of aliphatic hydroxyl groups is 1. The van der Waals surface area contributed by atoms with E-state index < -0.39 is 0 Å². The van der Waals surface area contributed by atoms with Crippen LogP contribution in [0.4, 0.5) is 0 Å². The van der Waals surface area contributed by atoms with Crippen molar-refractivity contribution in [3.8, 4) is 0 Å². The maximum atomic E-state index is 8.47. The van der Waals surface area contributed by atoms with Crippen molar-refractivity contribution in [1.29, 1.82) is 0 Å². The fraction of sp³-hybridized carbons (Fsp3) is 0.474. The second kappa shape index (κ2) is 11.5. The molecule has 1 nitrogen and oxygen atoms in total. The highest BCUT2D eigenvalue weighted by atomic mass is 16.2. The van der Waals surface area contributed by atoms with E-state index in [4.69, 9.17) is 5.11 Å². The van der Waals surface area contributed by atoms with Crippen molar-refractivity contribution in [2.45, 2.75) is 51.9 Å². The molecule has 0 amide bonds.